The summed E-state index contributed by atoms with van der Waals surface area (Å²) in [5, 5.41) is 9.00. The minimum atomic E-state index is -0.972. The number of aromatic nitrogens is 1. The second-order valence-corrected chi connectivity index (χ2v) is 5.40. The van der Waals surface area contributed by atoms with E-state index in [0.717, 1.165) is 38.0 Å². The van der Waals surface area contributed by atoms with Gasteiger partial charge in [-0.3, -0.25) is 4.90 Å². The fourth-order valence-electron chi connectivity index (χ4n) is 2.82. The number of carbonyl (C=O) groups is 1. The van der Waals surface area contributed by atoms with Crippen molar-refractivity contribution in [3.63, 3.8) is 0 Å². The topological polar surface area (TPSA) is 53.4 Å². The van der Waals surface area contributed by atoms with Gasteiger partial charge in [0.2, 0.25) is 0 Å². The van der Waals surface area contributed by atoms with Crippen LogP contribution in [0.15, 0.2) is 42.6 Å². The van der Waals surface area contributed by atoms with Crippen LogP contribution in [0.2, 0.25) is 0 Å². The van der Waals surface area contributed by atoms with Crippen LogP contribution in [-0.2, 0) is 19.4 Å². The SMILES string of the molecule is O=C(O)c1cc(CN2CCc3ccccc3CC2)ccn1. The van der Waals surface area contributed by atoms with Crippen molar-refractivity contribution in [1.82, 2.24) is 9.88 Å². The van der Waals surface area contributed by atoms with Gasteiger partial charge in [0, 0.05) is 25.8 Å². The third-order valence-electron chi connectivity index (χ3n) is 3.96. The average molecular weight is 282 g/mol. The molecule has 0 bridgehead atoms. The van der Waals surface area contributed by atoms with Crippen molar-refractivity contribution in [2.24, 2.45) is 0 Å². The molecule has 21 heavy (non-hydrogen) atoms. The number of rotatable bonds is 3. The predicted octanol–water partition coefficient (Wildman–Crippen LogP) is 2.38. The summed E-state index contributed by atoms with van der Waals surface area (Å²) in [4.78, 5) is 17.2. The zero-order chi connectivity index (χ0) is 14.7. The van der Waals surface area contributed by atoms with E-state index in [-0.39, 0.29) is 5.69 Å². The van der Waals surface area contributed by atoms with Crippen molar-refractivity contribution in [3.8, 4) is 0 Å². The minimum Gasteiger partial charge on any atom is -0.477 e. The van der Waals surface area contributed by atoms with Crippen molar-refractivity contribution in [1.29, 1.82) is 0 Å². The van der Waals surface area contributed by atoms with Gasteiger partial charge in [-0.2, -0.15) is 0 Å². The molecule has 1 aromatic carbocycles. The lowest BCUT2D eigenvalue weighted by molar-refractivity contribution is 0.0690. The van der Waals surface area contributed by atoms with Gasteiger partial charge in [0.15, 0.2) is 0 Å². The third-order valence-corrected chi connectivity index (χ3v) is 3.96. The molecular formula is C17H18N2O2. The quantitative estimate of drug-likeness (QED) is 0.939. The van der Waals surface area contributed by atoms with Crippen LogP contribution in [0.4, 0.5) is 0 Å². The highest BCUT2D eigenvalue weighted by Gasteiger charge is 2.14. The Bertz CT molecular complexity index is 628. The van der Waals surface area contributed by atoms with Crippen LogP contribution >= 0.6 is 0 Å². The van der Waals surface area contributed by atoms with Gasteiger partial charge in [-0.05, 0) is 41.7 Å². The summed E-state index contributed by atoms with van der Waals surface area (Å²) >= 11 is 0. The van der Waals surface area contributed by atoms with Crippen molar-refractivity contribution in [3.05, 3.63) is 65.0 Å². The van der Waals surface area contributed by atoms with Crippen molar-refractivity contribution >= 4 is 5.97 Å². The van der Waals surface area contributed by atoms with E-state index in [4.69, 9.17) is 5.11 Å². The van der Waals surface area contributed by atoms with Crippen LogP contribution in [0.5, 0.6) is 0 Å². The zero-order valence-corrected chi connectivity index (χ0v) is 11.8. The summed E-state index contributed by atoms with van der Waals surface area (Å²) in [5.74, 6) is -0.972. The molecule has 4 heteroatoms. The molecule has 4 nitrogen and oxygen atoms in total. The van der Waals surface area contributed by atoms with Gasteiger partial charge in [0.1, 0.15) is 5.69 Å². The normalized spacial score (nSPS) is 15.2. The zero-order valence-electron chi connectivity index (χ0n) is 11.8. The number of fused-ring (bicyclic) bond motifs is 1. The lowest BCUT2D eigenvalue weighted by Gasteiger charge is -2.19. The van der Waals surface area contributed by atoms with Gasteiger partial charge in [0.05, 0.1) is 0 Å². The summed E-state index contributed by atoms with van der Waals surface area (Å²) in [6.07, 6.45) is 3.67. The molecule has 108 valence electrons. The van der Waals surface area contributed by atoms with Gasteiger partial charge in [-0.15, -0.1) is 0 Å². The maximum Gasteiger partial charge on any atom is 0.354 e. The Hall–Kier alpha value is -2.20. The summed E-state index contributed by atoms with van der Waals surface area (Å²) in [6, 6.07) is 12.2. The van der Waals surface area contributed by atoms with Crippen LogP contribution in [-0.4, -0.2) is 34.0 Å². The summed E-state index contributed by atoms with van der Waals surface area (Å²) in [6.45, 7) is 2.78. The molecule has 0 spiro atoms. The molecular weight excluding hydrogens is 264 g/mol. The molecule has 0 saturated carbocycles. The molecule has 1 aromatic heterocycles. The van der Waals surface area contributed by atoms with E-state index >= 15 is 0 Å². The monoisotopic (exact) mass is 282 g/mol. The molecule has 0 radical (unpaired) electrons. The summed E-state index contributed by atoms with van der Waals surface area (Å²) < 4.78 is 0. The van der Waals surface area contributed by atoms with E-state index in [1.54, 1.807) is 12.3 Å². The molecule has 0 fully saturated rings. The first-order chi connectivity index (χ1) is 10.2. The van der Waals surface area contributed by atoms with Gasteiger partial charge in [0.25, 0.3) is 0 Å². The third kappa shape index (κ3) is 3.28. The van der Waals surface area contributed by atoms with E-state index in [0.29, 0.717) is 0 Å². The van der Waals surface area contributed by atoms with E-state index in [2.05, 4.69) is 34.1 Å². The smallest absolute Gasteiger partial charge is 0.354 e. The first-order valence-corrected chi connectivity index (χ1v) is 7.20. The number of aromatic carboxylic acids is 1. The Morgan fingerprint density at radius 3 is 2.43 bits per heavy atom. The van der Waals surface area contributed by atoms with Crippen LogP contribution in [0, 0.1) is 0 Å². The van der Waals surface area contributed by atoms with Gasteiger partial charge >= 0.3 is 5.97 Å². The van der Waals surface area contributed by atoms with Gasteiger partial charge in [-0.1, -0.05) is 24.3 Å². The Morgan fingerprint density at radius 2 is 1.81 bits per heavy atom. The highest BCUT2D eigenvalue weighted by molar-refractivity contribution is 5.85. The number of benzene rings is 1. The molecule has 1 aliphatic rings. The Kier molecular flexibility index (Phi) is 3.97. The molecule has 1 aliphatic heterocycles. The van der Waals surface area contributed by atoms with Crippen LogP contribution in [0.1, 0.15) is 27.2 Å². The standard InChI is InChI=1S/C17H18N2O2/c20-17(21)16-11-13(5-8-18-16)12-19-9-6-14-3-1-2-4-15(14)7-10-19/h1-5,8,11H,6-7,9-10,12H2,(H,20,21). The van der Waals surface area contributed by atoms with Crippen LogP contribution < -0.4 is 0 Å². The van der Waals surface area contributed by atoms with E-state index < -0.39 is 5.97 Å². The van der Waals surface area contributed by atoms with E-state index in [1.165, 1.54) is 11.1 Å². The molecule has 0 saturated heterocycles. The van der Waals surface area contributed by atoms with Gasteiger partial charge < -0.3 is 5.11 Å². The second-order valence-electron chi connectivity index (χ2n) is 5.40. The summed E-state index contributed by atoms with van der Waals surface area (Å²) in [7, 11) is 0. The number of hydrogen-bond donors (Lipinski definition) is 1. The van der Waals surface area contributed by atoms with Crippen LogP contribution in [0.25, 0.3) is 0 Å². The molecule has 1 N–H and O–H groups in total. The molecule has 2 aromatic rings. The minimum absolute atomic E-state index is 0.116. The molecule has 3 rings (SSSR count). The maximum absolute atomic E-state index is 11.0. The Morgan fingerprint density at radius 1 is 1.14 bits per heavy atom. The fourth-order valence-corrected chi connectivity index (χ4v) is 2.82. The van der Waals surface area contributed by atoms with Gasteiger partial charge in [-0.25, -0.2) is 9.78 Å². The first-order valence-electron chi connectivity index (χ1n) is 7.20. The van der Waals surface area contributed by atoms with Crippen molar-refractivity contribution in [2.75, 3.05) is 13.1 Å². The first kappa shape index (κ1) is 13.8. The number of carboxylic acids is 1. The summed E-state index contributed by atoms with van der Waals surface area (Å²) in [5.41, 5.74) is 3.99. The highest BCUT2D eigenvalue weighted by Crippen LogP contribution is 2.17. The van der Waals surface area contributed by atoms with E-state index in [1.807, 2.05) is 6.07 Å². The maximum atomic E-state index is 11.0. The fraction of sp³-hybridized carbons (Fsp3) is 0.294. The number of nitrogens with zero attached hydrogens (tertiary/aromatic N) is 2. The molecule has 0 aliphatic carbocycles. The molecule has 0 atom stereocenters. The lowest BCUT2D eigenvalue weighted by Crippen LogP contribution is -2.26. The number of pyridine rings is 1. The van der Waals surface area contributed by atoms with Crippen molar-refractivity contribution in [2.45, 2.75) is 19.4 Å². The number of carboxylic acid groups (broad SMARTS) is 1. The molecule has 0 amide bonds. The average Bonchev–Trinajstić information content (AvgIpc) is 2.70. The lowest BCUT2D eigenvalue weighted by atomic mass is 10.0. The van der Waals surface area contributed by atoms with Crippen LogP contribution in [0.3, 0.4) is 0 Å². The molecule has 2 heterocycles. The highest BCUT2D eigenvalue weighted by atomic mass is 16.4. The van der Waals surface area contributed by atoms with E-state index in [9.17, 15) is 4.79 Å². The second kappa shape index (κ2) is 6.06. The number of hydrogen-bond acceptors (Lipinski definition) is 3. The predicted molar refractivity (Wildman–Crippen MR) is 80.3 cm³/mol. The Balaban J connectivity index is 1.70. The Labute approximate surface area is 124 Å². The van der Waals surface area contributed by atoms with Crippen molar-refractivity contribution < 1.29 is 9.90 Å². The largest absolute Gasteiger partial charge is 0.477 e. The molecule has 0 unspecified atom stereocenters.